The molecule has 122 valence electrons. The molecule has 2 rings (SSSR count). The zero-order valence-corrected chi connectivity index (χ0v) is 14.0. The molecule has 1 aromatic rings. The van der Waals surface area contributed by atoms with E-state index in [4.69, 9.17) is 0 Å². The van der Waals surface area contributed by atoms with E-state index in [2.05, 4.69) is 4.72 Å². The topological polar surface area (TPSA) is 66.5 Å². The summed E-state index contributed by atoms with van der Waals surface area (Å²) in [4.78, 5) is 13.5. The first-order valence-corrected chi connectivity index (χ1v) is 9.44. The lowest BCUT2D eigenvalue weighted by molar-refractivity contribution is -0.116. The summed E-state index contributed by atoms with van der Waals surface area (Å²) in [5, 5.41) is 0. The molecule has 1 heterocycles. The van der Waals surface area contributed by atoms with Gasteiger partial charge in [-0.05, 0) is 24.5 Å². The molecular weight excluding hydrogens is 300 g/mol. The number of benzene rings is 1. The SMILES string of the molecule is CCCCS(=O)(=O)NCCC1CN(C(C)=O)c2ccccc21. The molecule has 0 saturated carbocycles. The maximum atomic E-state index is 11.8. The summed E-state index contributed by atoms with van der Waals surface area (Å²) in [5.41, 5.74) is 2.08. The van der Waals surface area contributed by atoms with E-state index in [9.17, 15) is 13.2 Å². The Kier molecular flexibility index (Phi) is 5.58. The number of amides is 1. The van der Waals surface area contributed by atoms with Gasteiger partial charge in [0, 0.05) is 31.6 Å². The summed E-state index contributed by atoms with van der Waals surface area (Å²) < 4.78 is 26.3. The maximum absolute atomic E-state index is 11.8. The van der Waals surface area contributed by atoms with E-state index in [0.29, 0.717) is 25.9 Å². The normalized spacial score (nSPS) is 17.5. The summed E-state index contributed by atoms with van der Waals surface area (Å²) >= 11 is 0. The minimum atomic E-state index is -3.17. The molecule has 0 fully saturated rings. The van der Waals surface area contributed by atoms with Crippen molar-refractivity contribution in [3.05, 3.63) is 29.8 Å². The second kappa shape index (κ2) is 7.24. The van der Waals surface area contributed by atoms with Crippen molar-refractivity contribution in [1.29, 1.82) is 0 Å². The van der Waals surface area contributed by atoms with E-state index in [0.717, 1.165) is 17.7 Å². The third-order valence-electron chi connectivity index (χ3n) is 4.03. The lowest BCUT2D eigenvalue weighted by Crippen LogP contribution is -2.30. The smallest absolute Gasteiger partial charge is 0.223 e. The molecule has 0 radical (unpaired) electrons. The Hall–Kier alpha value is -1.40. The minimum Gasteiger partial charge on any atom is -0.312 e. The van der Waals surface area contributed by atoms with Gasteiger partial charge in [0.25, 0.3) is 0 Å². The van der Waals surface area contributed by atoms with Crippen molar-refractivity contribution in [2.75, 3.05) is 23.7 Å². The van der Waals surface area contributed by atoms with Gasteiger partial charge in [-0.25, -0.2) is 13.1 Å². The Morgan fingerprint density at radius 1 is 1.36 bits per heavy atom. The first-order chi connectivity index (χ1) is 10.4. The van der Waals surface area contributed by atoms with Gasteiger partial charge in [-0.2, -0.15) is 0 Å². The van der Waals surface area contributed by atoms with Crippen molar-refractivity contribution in [1.82, 2.24) is 4.72 Å². The first kappa shape index (κ1) is 17.0. The molecule has 0 spiro atoms. The van der Waals surface area contributed by atoms with Crippen LogP contribution in [-0.2, 0) is 14.8 Å². The van der Waals surface area contributed by atoms with E-state index in [1.165, 1.54) is 0 Å². The van der Waals surface area contributed by atoms with Crippen molar-refractivity contribution >= 4 is 21.6 Å². The van der Waals surface area contributed by atoms with E-state index in [-0.39, 0.29) is 17.6 Å². The molecule has 0 bridgehead atoms. The average Bonchev–Trinajstić information content (AvgIpc) is 2.84. The second-order valence-electron chi connectivity index (χ2n) is 5.74. The van der Waals surface area contributed by atoms with Crippen LogP contribution in [0.15, 0.2) is 24.3 Å². The Labute approximate surface area is 132 Å². The average molecular weight is 324 g/mol. The molecular formula is C16H24N2O3S. The van der Waals surface area contributed by atoms with Crippen LogP contribution in [0, 0.1) is 0 Å². The molecule has 5 nitrogen and oxygen atoms in total. The quantitative estimate of drug-likeness (QED) is 0.836. The van der Waals surface area contributed by atoms with Gasteiger partial charge in [0.05, 0.1) is 5.75 Å². The molecule has 1 aromatic carbocycles. The van der Waals surface area contributed by atoms with E-state index in [1.54, 1.807) is 11.8 Å². The van der Waals surface area contributed by atoms with Gasteiger partial charge in [0.1, 0.15) is 0 Å². The number of anilines is 1. The number of sulfonamides is 1. The molecule has 1 N–H and O–H groups in total. The predicted molar refractivity (Wildman–Crippen MR) is 88.5 cm³/mol. The number of para-hydroxylation sites is 1. The number of carbonyl (C=O) groups is 1. The van der Waals surface area contributed by atoms with E-state index >= 15 is 0 Å². The lowest BCUT2D eigenvalue weighted by Gasteiger charge is -2.15. The van der Waals surface area contributed by atoms with Crippen molar-refractivity contribution in [2.24, 2.45) is 0 Å². The third-order valence-corrected chi connectivity index (χ3v) is 5.50. The largest absolute Gasteiger partial charge is 0.312 e. The van der Waals surface area contributed by atoms with Gasteiger partial charge < -0.3 is 4.90 Å². The van der Waals surface area contributed by atoms with Crippen LogP contribution in [0.3, 0.4) is 0 Å². The highest BCUT2D eigenvalue weighted by Crippen LogP contribution is 2.37. The van der Waals surface area contributed by atoms with Gasteiger partial charge in [0.2, 0.25) is 15.9 Å². The predicted octanol–water partition coefficient (Wildman–Crippen LogP) is 2.25. The lowest BCUT2D eigenvalue weighted by atomic mass is 9.98. The van der Waals surface area contributed by atoms with E-state index in [1.807, 2.05) is 31.2 Å². The Bertz CT molecular complexity index is 628. The zero-order chi connectivity index (χ0) is 16.2. The highest BCUT2D eigenvalue weighted by Gasteiger charge is 2.30. The molecule has 6 heteroatoms. The summed E-state index contributed by atoms with van der Waals surface area (Å²) in [6.07, 6.45) is 2.25. The summed E-state index contributed by atoms with van der Waals surface area (Å²) in [6.45, 7) is 4.58. The molecule has 1 atom stereocenters. The fraction of sp³-hybridized carbons (Fsp3) is 0.562. The Morgan fingerprint density at radius 2 is 2.09 bits per heavy atom. The van der Waals surface area contributed by atoms with E-state index < -0.39 is 10.0 Å². The van der Waals surface area contributed by atoms with Gasteiger partial charge in [-0.1, -0.05) is 31.5 Å². The van der Waals surface area contributed by atoms with Crippen LogP contribution in [0.5, 0.6) is 0 Å². The van der Waals surface area contributed by atoms with Crippen LogP contribution in [0.4, 0.5) is 5.69 Å². The number of hydrogen-bond donors (Lipinski definition) is 1. The Morgan fingerprint density at radius 3 is 2.77 bits per heavy atom. The molecule has 0 aliphatic carbocycles. The molecule has 0 aromatic heterocycles. The van der Waals surface area contributed by atoms with Crippen molar-refractivity contribution < 1.29 is 13.2 Å². The molecule has 1 aliphatic heterocycles. The molecule has 1 unspecified atom stereocenters. The summed E-state index contributed by atoms with van der Waals surface area (Å²) in [6, 6.07) is 7.85. The zero-order valence-electron chi connectivity index (χ0n) is 13.2. The number of hydrogen-bond acceptors (Lipinski definition) is 3. The molecule has 1 aliphatic rings. The maximum Gasteiger partial charge on any atom is 0.223 e. The van der Waals surface area contributed by atoms with Crippen LogP contribution in [0.1, 0.15) is 44.6 Å². The number of rotatable bonds is 7. The van der Waals surface area contributed by atoms with Crippen LogP contribution in [-0.4, -0.2) is 33.2 Å². The first-order valence-electron chi connectivity index (χ1n) is 7.79. The van der Waals surface area contributed by atoms with Crippen molar-refractivity contribution in [3.8, 4) is 0 Å². The summed E-state index contributed by atoms with van der Waals surface area (Å²) in [7, 11) is -3.17. The monoisotopic (exact) mass is 324 g/mol. The highest BCUT2D eigenvalue weighted by atomic mass is 32.2. The second-order valence-corrected chi connectivity index (χ2v) is 7.67. The van der Waals surface area contributed by atoms with Crippen molar-refractivity contribution in [3.63, 3.8) is 0 Å². The van der Waals surface area contributed by atoms with Crippen LogP contribution >= 0.6 is 0 Å². The fourth-order valence-electron chi connectivity index (χ4n) is 2.84. The van der Waals surface area contributed by atoms with Gasteiger partial charge in [-0.15, -0.1) is 0 Å². The van der Waals surface area contributed by atoms with Gasteiger partial charge in [-0.3, -0.25) is 4.79 Å². The standard InChI is InChI=1S/C16H24N2O3S/c1-3-4-11-22(20,21)17-10-9-14-12-18(13(2)19)16-8-6-5-7-15(14)16/h5-8,14,17H,3-4,9-12H2,1-2H3. The van der Waals surface area contributed by atoms with Crippen LogP contribution in [0.2, 0.25) is 0 Å². The molecule has 1 amide bonds. The number of unbranched alkanes of at least 4 members (excludes halogenated alkanes) is 1. The number of nitrogens with zero attached hydrogens (tertiary/aromatic N) is 1. The number of nitrogens with one attached hydrogen (secondary N) is 1. The van der Waals surface area contributed by atoms with Crippen LogP contribution < -0.4 is 9.62 Å². The molecule has 22 heavy (non-hydrogen) atoms. The van der Waals surface area contributed by atoms with Gasteiger partial charge >= 0.3 is 0 Å². The summed E-state index contributed by atoms with van der Waals surface area (Å²) in [5.74, 6) is 0.400. The third kappa shape index (κ3) is 4.08. The fourth-order valence-corrected chi connectivity index (χ4v) is 4.08. The van der Waals surface area contributed by atoms with Crippen LogP contribution in [0.25, 0.3) is 0 Å². The van der Waals surface area contributed by atoms with Gasteiger partial charge in [0.15, 0.2) is 0 Å². The number of fused-ring (bicyclic) bond motifs is 1. The minimum absolute atomic E-state index is 0.0264. The molecule has 0 saturated heterocycles. The Balaban J connectivity index is 1.96. The van der Waals surface area contributed by atoms with Crippen molar-refractivity contribution in [2.45, 2.75) is 39.0 Å². The highest BCUT2D eigenvalue weighted by molar-refractivity contribution is 7.89. The number of carbonyl (C=O) groups excluding carboxylic acids is 1.